The van der Waals surface area contributed by atoms with Gasteiger partial charge < -0.3 is 21.8 Å². The van der Waals surface area contributed by atoms with Crippen LogP contribution < -0.4 is 0 Å². The summed E-state index contributed by atoms with van der Waals surface area (Å²) in [4.78, 5) is 0. The number of ether oxygens (including phenoxy) is 2. The first-order valence-electron chi connectivity index (χ1n) is 2.88. The topological polar surface area (TPSA) is 18.5 Å². The molecule has 1 aliphatic rings. The molecule has 0 radical (unpaired) electrons. The number of hydrogen-bond acceptors (Lipinski definition) is 2. The SMILES string of the molecule is [C-]#C[C@@H]1COC(C)(C)O1.[Cu+]. The minimum Gasteiger partial charge on any atom is -0.691 e. The van der Waals surface area contributed by atoms with Gasteiger partial charge in [0.2, 0.25) is 0 Å². The Balaban J connectivity index is 0.000000810. The van der Waals surface area contributed by atoms with Gasteiger partial charge in [0.1, 0.15) is 6.10 Å². The normalized spacial score (nSPS) is 28.7. The second kappa shape index (κ2) is 3.41. The van der Waals surface area contributed by atoms with Gasteiger partial charge in [-0.2, -0.15) is 0 Å². The second-order valence-corrected chi connectivity index (χ2v) is 2.46. The van der Waals surface area contributed by atoms with Crippen molar-refractivity contribution in [1.82, 2.24) is 0 Å². The van der Waals surface area contributed by atoms with Crippen LogP contribution >= 0.6 is 0 Å². The largest absolute Gasteiger partial charge is 1.00 e. The van der Waals surface area contributed by atoms with Crippen LogP contribution in [0.2, 0.25) is 0 Å². The van der Waals surface area contributed by atoms with Gasteiger partial charge in [-0.25, -0.2) is 0 Å². The quantitative estimate of drug-likeness (QED) is 0.317. The van der Waals surface area contributed by atoms with Crippen LogP contribution in [0.25, 0.3) is 0 Å². The molecule has 0 amide bonds. The average molecular weight is 189 g/mol. The molecule has 0 aromatic heterocycles. The fraction of sp³-hybridized carbons (Fsp3) is 0.714. The van der Waals surface area contributed by atoms with E-state index in [9.17, 15) is 0 Å². The monoisotopic (exact) mass is 188 g/mol. The fourth-order valence-electron chi connectivity index (χ4n) is 0.758. The smallest absolute Gasteiger partial charge is 0.691 e. The molecule has 1 heterocycles. The minimum absolute atomic E-state index is 0. The van der Waals surface area contributed by atoms with Crippen LogP contribution in [0.3, 0.4) is 0 Å². The van der Waals surface area contributed by atoms with Crippen molar-refractivity contribution in [3.63, 3.8) is 0 Å². The Hall–Kier alpha value is -0.000519. The summed E-state index contributed by atoms with van der Waals surface area (Å²) in [6, 6.07) is 0. The van der Waals surface area contributed by atoms with Crippen molar-refractivity contribution < 1.29 is 26.5 Å². The Bertz CT molecular complexity index is 148. The Morgan fingerprint density at radius 3 is 2.40 bits per heavy atom. The van der Waals surface area contributed by atoms with Gasteiger partial charge in [0.05, 0.1) is 6.61 Å². The zero-order valence-electron chi connectivity index (χ0n) is 5.90. The van der Waals surface area contributed by atoms with Crippen LogP contribution in [0, 0.1) is 12.3 Å². The zero-order valence-corrected chi connectivity index (χ0v) is 6.84. The number of rotatable bonds is 0. The van der Waals surface area contributed by atoms with E-state index in [-0.39, 0.29) is 23.2 Å². The molecule has 3 heteroatoms. The molecule has 60 valence electrons. The van der Waals surface area contributed by atoms with Crippen molar-refractivity contribution >= 4 is 0 Å². The molecule has 0 bridgehead atoms. The van der Waals surface area contributed by atoms with E-state index in [4.69, 9.17) is 15.9 Å². The molecule has 1 aliphatic heterocycles. The Morgan fingerprint density at radius 2 is 2.20 bits per heavy atom. The van der Waals surface area contributed by atoms with Crippen LogP contribution in [0.15, 0.2) is 0 Å². The third kappa shape index (κ3) is 2.32. The van der Waals surface area contributed by atoms with E-state index < -0.39 is 5.79 Å². The Morgan fingerprint density at radius 1 is 1.60 bits per heavy atom. The van der Waals surface area contributed by atoms with Gasteiger partial charge in [-0.1, -0.05) is 0 Å². The summed E-state index contributed by atoms with van der Waals surface area (Å²) in [5, 5.41) is 0. The number of hydrogen-bond donors (Lipinski definition) is 0. The molecule has 1 atom stereocenters. The first-order chi connectivity index (χ1) is 4.14. The summed E-state index contributed by atoms with van der Waals surface area (Å²) in [6.07, 6.45) is 6.46. The third-order valence-corrected chi connectivity index (χ3v) is 1.17. The first-order valence-corrected chi connectivity index (χ1v) is 2.88. The van der Waals surface area contributed by atoms with E-state index in [0.717, 1.165) is 0 Å². The van der Waals surface area contributed by atoms with E-state index in [1.807, 2.05) is 13.8 Å². The Kier molecular flexibility index (Phi) is 3.41. The van der Waals surface area contributed by atoms with Crippen molar-refractivity contribution in [3.05, 3.63) is 6.42 Å². The first kappa shape index (κ1) is 10.00. The molecule has 1 fully saturated rings. The minimum atomic E-state index is -0.515. The van der Waals surface area contributed by atoms with E-state index in [0.29, 0.717) is 6.61 Å². The van der Waals surface area contributed by atoms with Crippen LogP contribution in [0.1, 0.15) is 13.8 Å². The molecule has 2 nitrogen and oxygen atoms in total. The van der Waals surface area contributed by atoms with Gasteiger partial charge in [0.15, 0.2) is 5.79 Å². The third-order valence-electron chi connectivity index (χ3n) is 1.17. The molecule has 1 rings (SSSR count). The summed E-state index contributed by atoms with van der Waals surface area (Å²) < 4.78 is 10.3. The summed E-state index contributed by atoms with van der Waals surface area (Å²) >= 11 is 0. The van der Waals surface area contributed by atoms with Gasteiger partial charge in [0, 0.05) is 0 Å². The van der Waals surface area contributed by atoms with Gasteiger partial charge in [-0.3, -0.25) is 0 Å². The zero-order chi connectivity index (χ0) is 6.91. The molecular formula is C7H9CuO2. The molecular weight excluding hydrogens is 180 g/mol. The summed E-state index contributed by atoms with van der Waals surface area (Å²) in [6.45, 7) is 4.10. The second-order valence-electron chi connectivity index (χ2n) is 2.46. The molecule has 0 unspecified atom stereocenters. The van der Waals surface area contributed by atoms with Gasteiger partial charge in [0.25, 0.3) is 0 Å². The molecule has 0 aromatic carbocycles. The average Bonchev–Trinajstić information content (AvgIpc) is 2.10. The maximum atomic E-state index is 6.72. The molecule has 1 saturated heterocycles. The van der Waals surface area contributed by atoms with E-state index >= 15 is 0 Å². The standard InChI is InChI=1S/C7H9O2.Cu/c1-4-6-5-8-7(2,3)9-6;/h6H,5H2,2-3H3;/q-1;+1/t6-;/m1./s1. The maximum absolute atomic E-state index is 6.72. The Labute approximate surface area is 71.7 Å². The van der Waals surface area contributed by atoms with Crippen molar-refractivity contribution in [1.29, 1.82) is 0 Å². The van der Waals surface area contributed by atoms with Gasteiger partial charge >= 0.3 is 17.1 Å². The van der Waals surface area contributed by atoms with Crippen LogP contribution in [-0.4, -0.2) is 18.5 Å². The molecule has 0 saturated carbocycles. The fourth-order valence-corrected chi connectivity index (χ4v) is 0.758. The van der Waals surface area contributed by atoms with Crippen LogP contribution in [-0.2, 0) is 26.5 Å². The van der Waals surface area contributed by atoms with Crippen molar-refractivity contribution in [2.24, 2.45) is 0 Å². The summed E-state index contributed by atoms with van der Waals surface area (Å²) in [7, 11) is 0. The van der Waals surface area contributed by atoms with E-state index in [1.165, 1.54) is 0 Å². The van der Waals surface area contributed by atoms with E-state index in [2.05, 4.69) is 5.92 Å². The molecule has 0 spiro atoms. The predicted molar refractivity (Wildman–Crippen MR) is 32.0 cm³/mol. The van der Waals surface area contributed by atoms with E-state index in [1.54, 1.807) is 0 Å². The van der Waals surface area contributed by atoms with Crippen molar-refractivity contribution in [2.75, 3.05) is 6.61 Å². The molecule has 10 heavy (non-hydrogen) atoms. The molecule has 0 N–H and O–H groups in total. The van der Waals surface area contributed by atoms with Crippen molar-refractivity contribution in [3.8, 4) is 5.92 Å². The van der Waals surface area contributed by atoms with Gasteiger partial charge in [-0.05, 0) is 13.8 Å². The van der Waals surface area contributed by atoms with Crippen LogP contribution in [0.4, 0.5) is 0 Å². The van der Waals surface area contributed by atoms with Gasteiger partial charge in [-0.15, -0.1) is 0 Å². The molecule has 0 aliphatic carbocycles. The van der Waals surface area contributed by atoms with Crippen molar-refractivity contribution in [2.45, 2.75) is 25.7 Å². The van der Waals surface area contributed by atoms with Crippen LogP contribution in [0.5, 0.6) is 0 Å². The predicted octanol–water partition coefficient (Wildman–Crippen LogP) is 0.725. The summed E-state index contributed by atoms with van der Waals surface area (Å²) in [5.41, 5.74) is 0. The molecule has 0 aromatic rings. The maximum Gasteiger partial charge on any atom is 1.00 e. The summed E-state index contributed by atoms with van der Waals surface area (Å²) in [5.74, 6) is 1.71.